The number of amides is 2. The van der Waals surface area contributed by atoms with Gasteiger partial charge >= 0.3 is 6.18 Å². The van der Waals surface area contributed by atoms with E-state index in [2.05, 4.69) is 15.6 Å². The fraction of sp³-hybridized carbons (Fsp3) is 0.278. The molecule has 2 N–H and O–H groups in total. The van der Waals surface area contributed by atoms with E-state index >= 15 is 0 Å². The Balaban J connectivity index is 2.08. The Hall–Kier alpha value is -2.90. The van der Waals surface area contributed by atoms with Gasteiger partial charge in [0.15, 0.2) is 0 Å². The lowest BCUT2D eigenvalue weighted by atomic mass is 10.2. The predicted octanol–water partition coefficient (Wildman–Crippen LogP) is 3.74. The lowest BCUT2D eigenvalue weighted by molar-refractivity contribution is -0.137. The molecular weight excluding hydrogens is 347 g/mol. The molecule has 0 aliphatic heterocycles. The minimum atomic E-state index is -4.44. The van der Waals surface area contributed by atoms with Gasteiger partial charge in [0, 0.05) is 12.2 Å². The molecule has 138 valence electrons. The van der Waals surface area contributed by atoms with Gasteiger partial charge in [-0.15, -0.1) is 0 Å². The number of carbonyl (C=O) groups is 2. The number of halogens is 3. The third kappa shape index (κ3) is 5.30. The Morgan fingerprint density at radius 1 is 1.00 bits per heavy atom. The molecule has 5 nitrogen and oxygen atoms in total. The highest BCUT2D eigenvalue weighted by molar-refractivity contribution is 6.03. The fourth-order valence-electron chi connectivity index (χ4n) is 2.01. The SMILES string of the molecule is CC(C)CNC(=O)c1cccc(C(=O)Nc2ccc(C(F)(F)F)cc2)n1. The van der Waals surface area contributed by atoms with Crippen LogP contribution in [0.15, 0.2) is 42.5 Å². The number of carbonyl (C=O) groups excluding carboxylic acids is 2. The first-order valence-corrected chi connectivity index (χ1v) is 7.90. The van der Waals surface area contributed by atoms with Crippen LogP contribution in [0.3, 0.4) is 0 Å². The van der Waals surface area contributed by atoms with Gasteiger partial charge in [-0.05, 0) is 42.3 Å². The average molecular weight is 365 g/mol. The summed E-state index contributed by atoms with van der Waals surface area (Å²) in [5.74, 6) is -0.753. The quantitative estimate of drug-likeness (QED) is 0.848. The van der Waals surface area contributed by atoms with Crippen molar-refractivity contribution in [3.8, 4) is 0 Å². The van der Waals surface area contributed by atoms with Crippen LogP contribution >= 0.6 is 0 Å². The Bertz CT molecular complexity index is 787. The molecule has 1 aromatic carbocycles. The van der Waals surface area contributed by atoms with Crippen molar-refractivity contribution in [2.45, 2.75) is 20.0 Å². The van der Waals surface area contributed by atoms with E-state index < -0.39 is 23.6 Å². The number of nitrogens with one attached hydrogen (secondary N) is 2. The minimum absolute atomic E-state index is 0.0119. The standard InChI is InChI=1S/C18H18F3N3O2/c1-11(2)10-22-16(25)14-4-3-5-15(24-14)17(26)23-13-8-6-12(7-9-13)18(19,20)21/h3-9,11H,10H2,1-2H3,(H,22,25)(H,23,26). The Morgan fingerprint density at radius 2 is 1.58 bits per heavy atom. The molecule has 2 amide bonds. The highest BCUT2D eigenvalue weighted by Crippen LogP contribution is 2.29. The fourth-order valence-corrected chi connectivity index (χ4v) is 2.01. The summed E-state index contributed by atoms with van der Waals surface area (Å²) in [5, 5.41) is 5.15. The van der Waals surface area contributed by atoms with Crippen molar-refractivity contribution in [1.29, 1.82) is 0 Å². The Kier molecular flexibility index (Phi) is 5.97. The molecule has 0 spiro atoms. The van der Waals surface area contributed by atoms with E-state index in [0.29, 0.717) is 6.54 Å². The number of nitrogens with zero attached hydrogens (tertiary/aromatic N) is 1. The molecule has 0 fully saturated rings. The van der Waals surface area contributed by atoms with Crippen LogP contribution in [0.4, 0.5) is 18.9 Å². The number of aromatic nitrogens is 1. The van der Waals surface area contributed by atoms with Crippen molar-refractivity contribution in [3.05, 3.63) is 59.4 Å². The molecule has 2 rings (SSSR count). The number of alkyl halides is 3. The second-order valence-corrected chi connectivity index (χ2v) is 6.04. The van der Waals surface area contributed by atoms with Gasteiger partial charge < -0.3 is 10.6 Å². The molecular formula is C18H18F3N3O2. The lowest BCUT2D eigenvalue weighted by Crippen LogP contribution is -2.28. The molecule has 2 aromatic rings. The predicted molar refractivity (Wildman–Crippen MR) is 90.8 cm³/mol. The van der Waals surface area contributed by atoms with Crippen LogP contribution in [0, 0.1) is 5.92 Å². The first-order valence-electron chi connectivity index (χ1n) is 7.90. The average Bonchev–Trinajstić information content (AvgIpc) is 2.59. The van der Waals surface area contributed by atoms with Gasteiger partial charge in [-0.25, -0.2) is 4.98 Å². The third-order valence-corrected chi connectivity index (χ3v) is 3.36. The van der Waals surface area contributed by atoms with Crippen molar-refractivity contribution in [1.82, 2.24) is 10.3 Å². The van der Waals surface area contributed by atoms with E-state index in [-0.39, 0.29) is 23.0 Å². The summed E-state index contributed by atoms with van der Waals surface area (Å²) >= 11 is 0. The van der Waals surface area contributed by atoms with Crippen LogP contribution in [0.25, 0.3) is 0 Å². The molecule has 0 bridgehead atoms. The number of hydrogen-bond donors (Lipinski definition) is 2. The molecule has 0 aliphatic carbocycles. The maximum absolute atomic E-state index is 12.5. The molecule has 1 aromatic heterocycles. The molecule has 1 heterocycles. The summed E-state index contributed by atoms with van der Waals surface area (Å²) in [6.45, 7) is 4.37. The summed E-state index contributed by atoms with van der Waals surface area (Å²) in [6, 6.07) is 8.46. The largest absolute Gasteiger partial charge is 0.416 e. The molecule has 0 aliphatic rings. The topological polar surface area (TPSA) is 71.1 Å². The van der Waals surface area contributed by atoms with Crippen LogP contribution < -0.4 is 10.6 Å². The summed E-state index contributed by atoms with van der Waals surface area (Å²) in [7, 11) is 0. The summed E-state index contributed by atoms with van der Waals surface area (Å²) in [5.41, 5.74) is -0.537. The smallest absolute Gasteiger partial charge is 0.350 e. The second kappa shape index (κ2) is 7.99. The monoisotopic (exact) mass is 365 g/mol. The lowest BCUT2D eigenvalue weighted by Gasteiger charge is -2.10. The molecule has 0 unspecified atom stereocenters. The van der Waals surface area contributed by atoms with E-state index in [4.69, 9.17) is 0 Å². The molecule has 0 saturated heterocycles. The molecule has 0 atom stereocenters. The van der Waals surface area contributed by atoms with E-state index in [1.54, 1.807) is 0 Å². The third-order valence-electron chi connectivity index (χ3n) is 3.36. The van der Waals surface area contributed by atoms with Gasteiger partial charge in [-0.2, -0.15) is 13.2 Å². The van der Waals surface area contributed by atoms with Crippen molar-refractivity contribution >= 4 is 17.5 Å². The molecule has 26 heavy (non-hydrogen) atoms. The summed E-state index contributed by atoms with van der Waals surface area (Å²) in [4.78, 5) is 28.2. The molecule has 0 radical (unpaired) electrons. The van der Waals surface area contributed by atoms with Crippen LogP contribution in [0.2, 0.25) is 0 Å². The van der Waals surface area contributed by atoms with Gasteiger partial charge in [-0.1, -0.05) is 19.9 Å². The maximum Gasteiger partial charge on any atom is 0.416 e. The normalized spacial score (nSPS) is 11.3. The number of rotatable bonds is 5. The van der Waals surface area contributed by atoms with Crippen LogP contribution in [-0.4, -0.2) is 23.3 Å². The minimum Gasteiger partial charge on any atom is -0.350 e. The van der Waals surface area contributed by atoms with E-state index in [9.17, 15) is 22.8 Å². The van der Waals surface area contributed by atoms with E-state index in [1.807, 2.05) is 13.8 Å². The van der Waals surface area contributed by atoms with Crippen molar-refractivity contribution in [2.75, 3.05) is 11.9 Å². The zero-order valence-corrected chi connectivity index (χ0v) is 14.2. The molecule has 0 saturated carbocycles. The van der Waals surface area contributed by atoms with Crippen molar-refractivity contribution in [2.24, 2.45) is 5.92 Å². The maximum atomic E-state index is 12.5. The van der Waals surface area contributed by atoms with Crippen LogP contribution in [-0.2, 0) is 6.18 Å². The molecule has 8 heteroatoms. The van der Waals surface area contributed by atoms with Gasteiger partial charge in [0.1, 0.15) is 11.4 Å². The van der Waals surface area contributed by atoms with E-state index in [1.165, 1.54) is 18.2 Å². The van der Waals surface area contributed by atoms with Gasteiger partial charge in [-0.3, -0.25) is 9.59 Å². The zero-order chi connectivity index (χ0) is 19.3. The van der Waals surface area contributed by atoms with Gasteiger partial charge in [0.05, 0.1) is 5.56 Å². The summed E-state index contributed by atoms with van der Waals surface area (Å²) in [6.07, 6.45) is -4.44. The van der Waals surface area contributed by atoms with Crippen LogP contribution in [0.1, 0.15) is 40.4 Å². The Labute approximate surface area is 148 Å². The number of anilines is 1. The summed E-state index contributed by atoms with van der Waals surface area (Å²) < 4.78 is 37.6. The second-order valence-electron chi connectivity index (χ2n) is 6.04. The zero-order valence-electron chi connectivity index (χ0n) is 14.2. The number of pyridine rings is 1. The highest BCUT2D eigenvalue weighted by atomic mass is 19.4. The number of benzene rings is 1. The number of hydrogen-bond acceptors (Lipinski definition) is 3. The Morgan fingerprint density at radius 3 is 2.12 bits per heavy atom. The van der Waals surface area contributed by atoms with Crippen LogP contribution in [0.5, 0.6) is 0 Å². The van der Waals surface area contributed by atoms with Crippen molar-refractivity contribution < 1.29 is 22.8 Å². The first kappa shape index (κ1) is 19.4. The van der Waals surface area contributed by atoms with Gasteiger partial charge in [0.25, 0.3) is 11.8 Å². The van der Waals surface area contributed by atoms with Crippen molar-refractivity contribution in [3.63, 3.8) is 0 Å². The highest BCUT2D eigenvalue weighted by Gasteiger charge is 2.30. The van der Waals surface area contributed by atoms with Gasteiger partial charge in [0.2, 0.25) is 0 Å². The van der Waals surface area contributed by atoms with E-state index in [0.717, 1.165) is 24.3 Å². The first-order chi connectivity index (χ1) is 12.2.